The van der Waals surface area contributed by atoms with Crippen LogP contribution in [0.5, 0.6) is 0 Å². The summed E-state index contributed by atoms with van der Waals surface area (Å²) in [5, 5.41) is 2.87. The Morgan fingerprint density at radius 1 is 1.47 bits per heavy atom. The van der Waals surface area contributed by atoms with Crippen molar-refractivity contribution in [1.29, 1.82) is 0 Å². The highest BCUT2D eigenvalue weighted by Gasteiger charge is 2.50. The molecule has 0 saturated carbocycles. The maximum atomic E-state index is 12.7. The minimum Gasteiger partial charge on any atom is -0.379 e. The number of piperazine rings is 1. The smallest absolute Gasteiger partial charge is 0.246 e. The lowest BCUT2D eigenvalue weighted by atomic mass is 9.89. The SMILES string of the molecule is CCC1C(=O)NC(C(C)C)C(=O)N1C1(C)CCOC1. The second-order valence-electron chi connectivity index (χ2n) is 6.16. The Morgan fingerprint density at radius 3 is 2.63 bits per heavy atom. The van der Waals surface area contributed by atoms with Crippen LogP contribution >= 0.6 is 0 Å². The van der Waals surface area contributed by atoms with Crippen LogP contribution in [0.15, 0.2) is 0 Å². The van der Waals surface area contributed by atoms with E-state index < -0.39 is 6.04 Å². The number of hydrogen-bond acceptors (Lipinski definition) is 3. The van der Waals surface area contributed by atoms with Crippen molar-refractivity contribution in [2.24, 2.45) is 5.92 Å². The zero-order chi connectivity index (χ0) is 14.2. The van der Waals surface area contributed by atoms with Crippen molar-refractivity contribution < 1.29 is 14.3 Å². The van der Waals surface area contributed by atoms with Gasteiger partial charge >= 0.3 is 0 Å². The van der Waals surface area contributed by atoms with E-state index >= 15 is 0 Å². The standard InChI is InChI=1S/C14H24N2O3/c1-5-10-12(17)15-11(9(2)3)13(18)16(10)14(4)6-7-19-8-14/h9-11H,5-8H2,1-4H3,(H,15,17). The topological polar surface area (TPSA) is 58.6 Å². The molecule has 0 aromatic rings. The van der Waals surface area contributed by atoms with E-state index in [1.54, 1.807) is 4.90 Å². The van der Waals surface area contributed by atoms with E-state index in [-0.39, 0.29) is 29.3 Å². The second-order valence-corrected chi connectivity index (χ2v) is 6.16. The number of nitrogens with one attached hydrogen (secondary N) is 1. The van der Waals surface area contributed by atoms with Crippen LogP contribution in [-0.2, 0) is 14.3 Å². The van der Waals surface area contributed by atoms with Gasteiger partial charge in [-0.2, -0.15) is 0 Å². The molecule has 108 valence electrons. The minimum absolute atomic E-state index is 0.0334. The van der Waals surface area contributed by atoms with Crippen LogP contribution in [0.2, 0.25) is 0 Å². The number of carbonyl (C=O) groups is 2. The summed E-state index contributed by atoms with van der Waals surface area (Å²) in [5.74, 6) is 0.103. The predicted molar refractivity (Wildman–Crippen MR) is 71.5 cm³/mol. The molecule has 2 heterocycles. The zero-order valence-electron chi connectivity index (χ0n) is 12.2. The van der Waals surface area contributed by atoms with Crippen molar-refractivity contribution in [3.05, 3.63) is 0 Å². The second kappa shape index (κ2) is 5.12. The van der Waals surface area contributed by atoms with Gasteiger partial charge in [0.2, 0.25) is 11.8 Å². The number of hydrogen-bond donors (Lipinski definition) is 1. The van der Waals surface area contributed by atoms with Crippen molar-refractivity contribution in [2.75, 3.05) is 13.2 Å². The molecule has 0 spiro atoms. The zero-order valence-corrected chi connectivity index (χ0v) is 12.2. The maximum Gasteiger partial charge on any atom is 0.246 e. The van der Waals surface area contributed by atoms with Gasteiger partial charge < -0.3 is 15.0 Å². The summed E-state index contributed by atoms with van der Waals surface area (Å²) in [7, 11) is 0. The van der Waals surface area contributed by atoms with Gasteiger partial charge in [-0.15, -0.1) is 0 Å². The Labute approximate surface area is 114 Å². The van der Waals surface area contributed by atoms with Crippen molar-refractivity contribution in [3.8, 4) is 0 Å². The first-order chi connectivity index (χ1) is 8.90. The average molecular weight is 268 g/mol. The first-order valence-corrected chi connectivity index (χ1v) is 7.12. The van der Waals surface area contributed by atoms with E-state index in [9.17, 15) is 9.59 Å². The average Bonchev–Trinajstić information content (AvgIpc) is 2.78. The number of nitrogens with zero attached hydrogens (tertiary/aromatic N) is 1. The van der Waals surface area contributed by atoms with Crippen LogP contribution in [0.3, 0.4) is 0 Å². The van der Waals surface area contributed by atoms with Crippen LogP contribution in [0.4, 0.5) is 0 Å². The van der Waals surface area contributed by atoms with Crippen molar-refractivity contribution in [3.63, 3.8) is 0 Å². The summed E-state index contributed by atoms with van der Waals surface area (Å²) >= 11 is 0. The summed E-state index contributed by atoms with van der Waals surface area (Å²) in [6, 6.07) is -0.776. The molecule has 2 aliphatic heterocycles. The van der Waals surface area contributed by atoms with Crippen LogP contribution in [0.25, 0.3) is 0 Å². The van der Waals surface area contributed by atoms with E-state index in [0.29, 0.717) is 19.6 Å². The largest absolute Gasteiger partial charge is 0.379 e. The first kappa shape index (κ1) is 14.3. The fraction of sp³-hybridized carbons (Fsp3) is 0.857. The highest BCUT2D eigenvalue weighted by Crippen LogP contribution is 2.32. The van der Waals surface area contributed by atoms with Crippen LogP contribution < -0.4 is 5.32 Å². The molecule has 2 fully saturated rings. The molecule has 0 aromatic heterocycles. The molecule has 3 atom stereocenters. The quantitative estimate of drug-likeness (QED) is 0.828. The fourth-order valence-corrected chi connectivity index (χ4v) is 3.04. The Morgan fingerprint density at radius 2 is 2.16 bits per heavy atom. The summed E-state index contributed by atoms with van der Waals surface area (Å²) in [6.07, 6.45) is 1.44. The van der Waals surface area contributed by atoms with Crippen molar-refractivity contribution in [1.82, 2.24) is 10.2 Å². The van der Waals surface area contributed by atoms with E-state index in [4.69, 9.17) is 4.74 Å². The lowest BCUT2D eigenvalue weighted by molar-refractivity contribution is -0.158. The minimum atomic E-state index is -0.410. The summed E-state index contributed by atoms with van der Waals surface area (Å²) < 4.78 is 5.46. The van der Waals surface area contributed by atoms with Gasteiger partial charge in [0.05, 0.1) is 12.1 Å². The summed E-state index contributed by atoms with van der Waals surface area (Å²) in [4.78, 5) is 26.8. The van der Waals surface area contributed by atoms with Gasteiger partial charge in [-0.3, -0.25) is 9.59 Å². The highest BCUT2D eigenvalue weighted by atomic mass is 16.5. The maximum absolute atomic E-state index is 12.7. The lowest BCUT2D eigenvalue weighted by Gasteiger charge is -2.47. The number of rotatable bonds is 3. The lowest BCUT2D eigenvalue weighted by Crippen LogP contribution is -2.70. The summed E-state index contributed by atoms with van der Waals surface area (Å²) in [6.45, 7) is 9.06. The fourth-order valence-electron chi connectivity index (χ4n) is 3.04. The van der Waals surface area contributed by atoms with E-state index in [1.807, 2.05) is 27.7 Å². The Balaban J connectivity index is 2.34. The van der Waals surface area contributed by atoms with Crippen LogP contribution in [-0.4, -0.2) is 47.6 Å². The molecule has 2 aliphatic rings. The third-order valence-corrected chi connectivity index (χ3v) is 4.25. The molecule has 5 nitrogen and oxygen atoms in total. The Hall–Kier alpha value is -1.10. The molecule has 0 aromatic carbocycles. The Bertz CT molecular complexity index is 375. The number of carbonyl (C=O) groups excluding carboxylic acids is 2. The summed E-state index contributed by atoms with van der Waals surface area (Å²) in [5.41, 5.74) is -0.345. The molecule has 3 unspecified atom stereocenters. The number of amides is 2. The molecule has 0 bridgehead atoms. The first-order valence-electron chi connectivity index (χ1n) is 7.12. The third-order valence-electron chi connectivity index (χ3n) is 4.25. The predicted octanol–water partition coefficient (Wildman–Crippen LogP) is 0.927. The van der Waals surface area contributed by atoms with Crippen LogP contribution in [0.1, 0.15) is 40.5 Å². The van der Waals surface area contributed by atoms with Gasteiger partial charge in [0, 0.05) is 6.61 Å². The molecule has 2 saturated heterocycles. The van der Waals surface area contributed by atoms with Gasteiger partial charge in [0.15, 0.2) is 0 Å². The molecule has 0 aliphatic carbocycles. The normalized spacial score (nSPS) is 35.9. The molecule has 2 rings (SSSR count). The van der Waals surface area contributed by atoms with Crippen molar-refractivity contribution >= 4 is 11.8 Å². The molecule has 19 heavy (non-hydrogen) atoms. The van der Waals surface area contributed by atoms with E-state index in [0.717, 1.165) is 6.42 Å². The third kappa shape index (κ3) is 2.36. The molecular formula is C14H24N2O3. The van der Waals surface area contributed by atoms with Crippen LogP contribution in [0, 0.1) is 5.92 Å². The molecule has 5 heteroatoms. The highest BCUT2D eigenvalue weighted by molar-refractivity contribution is 5.97. The Kier molecular flexibility index (Phi) is 3.85. The monoisotopic (exact) mass is 268 g/mol. The molecule has 1 N–H and O–H groups in total. The molecule has 0 radical (unpaired) electrons. The van der Waals surface area contributed by atoms with Gasteiger partial charge in [-0.25, -0.2) is 0 Å². The number of ether oxygens (including phenoxy) is 1. The molecular weight excluding hydrogens is 244 g/mol. The van der Waals surface area contributed by atoms with Gasteiger partial charge in [-0.1, -0.05) is 20.8 Å². The van der Waals surface area contributed by atoms with Crippen molar-refractivity contribution in [2.45, 2.75) is 58.2 Å². The van der Waals surface area contributed by atoms with E-state index in [1.165, 1.54) is 0 Å². The van der Waals surface area contributed by atoms with Gasteiger partial charge in [0.1, 0.15) is 12.1 Å². The van der Waals surface area contributed by atoms with Gasteiger partial charge in [-0.05, 0) is 25.7 Å². The van der Waals surface area contributed by atoms with E-state index in [2.05, 4.69) is 5.32 Å². The molecule has 2 amide bonds. The van der Waals surface area contributed by atoms with Gasteiger partial charge in [0.25, 0.3) is 0 Å².